The summed E-state index contributed by atoms with van der Waals surface area (Å²) in [5.41, 5.74) is 2.84. The highest BCUT2D eigenvalue weighted by Gasteiger charge is 2.23. The topological polar surface area (TPSA) is 17.1 Å². The summed E-state index contributed by atoms with van der Waals surface area (Å²) in [5.74, 6) is 0.722. The van der Waals surface area contributed by atoms with Gasteiger partial charge in [0.15, 0.2) is 5.78 Å². The molecule has 19 heavy (non-hydrogen) atoms. The molecule has 0 saturated heterocycles. The highest BCUT2D eigenvalue weighted by Crippen LogP contribution is 2.35. The van der Waals surface area contributed by atoms with E-state index in [4.69, 9.17) is 0 Å². The van der Waals surface area contributed by atoms with Gasteiger partial charge in [-0.25, -0.2) is 0 Å². The van der Waals surface area contributed by atoms with Crippen LogP contribution in [0, 0.1) is 6.92 Å². The summed E-state index contributed by atoms with van der Waals surface area (Å²) < 4.78 is 0. The first-order valence-electron chi connectivity index (χ1n) is 6.91. The number of carbonyl (C=O) groups excluding carboxylic acids is 1. The molecule has 0 spiro atoms. The molecule has 1 aromatic carbocycles. The number of thiophene rings is 1. The van der Waals surface area contributed by atoms with Crippen LogP contribution >= 0.6 is 11.3 Å². The van der Waals surface area contributed by atoms with Gasteiger partial charge in [0.05, 0.1) is 4.88 Å². The molecule has 0 radical (unpaired) electrons. The predicted octanol–water partition coefficient (Wildman–Crippen LogP) is 4.75. The van der Waals surface area contributed by atoms with Gasteiger partial charge in [-0.2, -0.15) is 0 Å². The summed E-state index contributed by atoms with van der Waals surface area (Å²) >= 11 is 1.62. The molecule has 1 atom stereocenters. The summed E-state index contributed by atoms with van der Waals surface area (Å²) in [4.78, 5) is 14.5. The molecular weight excluding hydrogens is 252 g/mol. The lowest BCUT2D eigenvalue weighted by molar-refractivity contribution is 0.0975. The zero-order chi connectivity index (χ0) is 13.2. The van der Waals surface area contributed by atoms with Gasteiger partial charge in [-0.3, -0.25) is 4.79 Å². The molecule has 3 rings (SSSR count). The Hall–Kier alpha value is -1.41. The van der Waals surface area contributed by atoms with Crippen molar-refractivity contribution in [2.24, 2.45) is 0 Å². The Bertz CT molecular complexity index is 597. The van der Waals surface area contributed by atoms with Crippen molar-refractivity contribution in [3.63, 3.8) is 0 Å². The number of carbonyl (C=O) groups is 1. The number of benzene rings is 1. The Morgan fingerprint density at radius 3 is 2.89 bits per heavy atom. The molecule has 98 valence electrons. The molecule has 1 unspecified atom stereocenters. The highest BCUT2D eigenvalue weighted by atomic mass is 32.1. The average Bonchev–Trinajstić information content (AvgIpc) is 2.86. The van der Waals surface area contributed by atoms with E-state index in [9.17, 15) is 4.79 Å². The van der Waals surface area contributed by atoms with Gasteiger partial charge in [0.25, 0.3) is 0 Å². The van der Waals surface area contributed by atoms with Crippen LogP contribution in [0.2, 0.25) is 0 Å². The summed E-state index contributed by atoms with van der Waals surface area (Å²) in [6, 6.07) is 12.6. The number of rotatable bonds is 3. The molecule has 2 heteroatoms. The van der Waals surface area contributed by atoms with E-state index in [0.29, 0.717) is 18.1 Å². The van der Waals surface area contributed by atoms with Crippen molar-refractivity contribution in [2.75, 3.05) is 0 Å². The minimum absolute atomic E-state index is 0.305. The minimum atomic E-state index is 0.305. The highest BCUT2D eigenvalue weighted by molar-refractivity contribution is 7.14. The molecule has 1 aliphatic carbocycles. The monoisotopic (exact) mass is 270 g/mol. The zero-order valence-electron chi connectivity index (χ0n) is 11.2. The fourth-order valence-corrected chi connectivity index (χ4v) is 3.79. The molecule has 1 aliphatic rings. The molecule has 1 aromatic heterocycles. The lowest BCUT2D eigenvalue weighted by Gasteiger charge is -2.24. The van der Waals surface area contributed by atoms with Crippen LogP contribution in [0.1, 0.15) is 50.9 Å². The van der Waals surface area contributed by atoms with E-state index < -0.39 is 0 Å². The molecule has 0 amide bonds. The van der Waals surface area contributed by atoms with Gasteiger partial charge in [0.2, 0.25) is 0 Å². The smallest absolute Gasteiger partial charge is 0.173 e. The standard InChI is InChI=1S/C17H18OS/c1-12-9-10-17(19-12)16(18)11-14-7-4-6-13-5-2-3-8-15(13)14/h2-3,5,8-10,14H,4,6-7,11H2,1H3. The lowest BCUT2D eigenvalue weighted by atomic mass is 9.80. The normalized spacial score (nSPS) is 18.1. The summed E-state index contributed by atoms with van der Waals surface area (Å²) in [7, 11) is 0. The number of ketones is 1. The average molecular weight is 270 g/mol. The van der Waals surface area contributed by atoms with Gasteiger partial charge in [0.1, 0.15) is 0 Å². The molecule has 0 N–H and O–H groups in total. The van der Waals surface area contributed by atoms with Crippen LogP contribution < -0.4 is 0 Å². The third kappa shape index (κ3) is 2.64. The Balaban J connectivity index is 1.79. The molecule has 0 aliphatic heterocycles. The third-order valence-electron chi connectivity index (χ3n) is 3.94. The Morgan fingerprint density at radius 1 is 1.26 bits per heavy atom. The van der Waals surface area contributed by atoms with E-state index in [1.54, 1.807) is 11.3 Å². The van der Waals surface area contributed by atoms with Crippen molar-refractivity contribution in [1.29, 1.82) is 0 Å². The molecule has 1 heterocycles. The van der Waals surface area contributed by atoms with Gasteiger partial charge >= 0.3 is 0 Å². The number of hydrogen-bond donors (Lipinski definition) is 0. The Labute approximate surface area is 118 Å². The van der Waals surface area contributed by atoms with Crippen molar-refractivity contribution < 1.29 is 4.79 Å². The second-order valence-electron chi connectivity index (χ2n) is 5.33. The first-order chi connectivity index (χ1) is 9.24. The first kappa shape index (κ1) is 12.6. The van der Waals surface area contributed by atoms with Crippen LogP contribution in [0.15, 0.2) is 36.4 Å². The second-order valence-corrected chi connectivity index (χ2v) is 6.61. The number of Topliss-reactive ketones (excluding diaryl/α,β-unsaturated/α-hetero) is 1. The maximum Gasteiger partial charge on any atom is 0.173 e. The largest absolute Gasteiger partial charge is 0.293 e. The van der Waals surface area contributed by atoms with Crippen molar-refractivity contribution >= 4 is 17.1 Å². The van der Waals surface area contributed by atoms with E-state index in [-0.39, 0.29) is 0 Å². The lowest BCUT2D eigenvalue weighted by Crippen LogP contribution is -2.13. The fraction of sp³-hybridized carbons (Fsp3) is 0.353. The predicted molar refractivity (Wildman–Crippen MR) is 80.1 cm³/mol. The van der Waals surface area contributed by atoms with Crippen LogP contribution in [-0.2, 0) is 6.42 Å². The zero-order valence-corrected chi connectivity index (χ0v) is 12.0. The summed E-state index contributed by atoms with van der Waals surface area (Å²) in [6.45, 7) is 2.05. The first-order valence-corrected chi connectivity index (χ1v) is 7.73. The fourth-order valence-electron chi connectivity index (χ4n) is 2.98. The van der Waals surface area contributed by atoms with E-state index >= 15 is 0 Å². The van der Waals surface area contributed by atoms with Crippen LogP contribution in [0.25, 0.3) is 0 Å². The van der Waals surface area contributed by atoms with Gasteiger partial charge in [-0.05, 0) is 55.4 Å². The van der Waals surface area contributed by atoms with Gasteiger partial charge in [0, 0.05) is 11.3 Å². The van der Waals surface area contributed by atoms with Gasteiger partial charge < -0.3 is 0 Å². The minimum Gasteiger partial charge on any atom is -0.293 e. The molecular formula is C17H18OS. The third-order valence-corrected chi connectivity index (χ3v) is 4.98. The second kappa shape index (κ2) is 5.30. The van der Waals surface area contributed by atoms with Crippen molar-refractivity contribution in [3.8, 4) is 0 Å². The number of fused-ring (bicyclic) bond motifs is 1. The maximum absolute atomic E-state index is 12.3. The van der Waals surface area contributed by atoms with Crippen LogP contribution in [0.5, 0.6) is 0 Å². The maximum atomic E-state index is 12.3. The van der Waals surface area contributed by atoms with E-state index in [2.05, 4.69) is 31.2 Å². The van der Waals surface area contributed by atoms with E-state index in [1.807, 2.05) is 12.1 Å². The molecule has 2 aromatic rings. The van der Waals surface area contributed by atoms with Crippen molar-refractivity contribution in [2.45, 2.75) is 38.5 Å². The van der Waals surface area contributed by atoms with Crippen LogP contribution in [-0.4, -0.2) is 5.78 Å². The Kier molecular flexibility index (Phi) is 3.52. The molecule has 0 fully saturated rings. The molecule has 1 nitrogen and oxygen atoms in total. The van der Waals surface area contributed by atoms with Crippen LogP contribution in [0.4, 0.5) is 0 Å². The number of hydrogen-bond acceptors (Lipinski definition) is 2. The summed E-state index contributed by atoms with van der Waals surface area (Å²) in [5, 5.41) is 0. The van der Waals surface area contributed by atoms with Gasteiger partial charge in [-0.1, -0.05) is 24.3 Å². The van der Waals surface area contributed by atoms with Crippen molar-refractivity contribution in [3.05, 3.63) is 57.3 Å². The van der Waals surface area contributed by atoms with Crippen LogP contribution in [0.3, 0.4) is 0 Å². The van der Waals surface area contributed by atoms with Gasteiger partial charge in [-0.15, -0.1) is 11.3 Å². The SMILES string of the molecule is Cc1ccc(C(=O)CC2CCCc3ccccc32)s1. The van der Waals surface area contributed by atoms with E-state index in [0.717, 1.165) is 11.3 Å². The Morgan fingerprint density at radius 2 is 2.11 bits per heavy atom. The summed E-state index contributed by atoms with van der Waals surface area (Å²) in [6.07, 6.45) is 4.18. The van der Waals surface area contributed by atoms with Crippen molar-refractivity contribution in [1.82, 2.24) is 0 Å². The molecule has 0 saturated carbocycles. The molecule has 0 bridgehead atoms. The van der Waals surface area contributed by atoms with E-state index in [1.165, 1.54) is 28.8 Å². The quantitative estimate of drug-likeness (QED) is 0.736. The number of aryl methyl sites for hydroxylation is 2.